The number of hydrogen-bond acceptors (Lipinski definition) is 0. The van der Waals surface area contributed by atoms with Crippen molar-refractivity contribution in [3.8, 4) is 11.1 Å². The van der Waals surface area contributed by atoms with Crippen LogP contribution in [0.3, 0.4) is 0 Å². The van der Waals surface area contributed by atoms with E-state index >= 15 is 0 Å². The van der Waals surface area contributed by atoms with Gasteiger partial charge in [-0.15, -0.1) is 66.3 Å². The zero-order chi connectivity index (χ0) is 20.0. The van der Waals surface area contributed by atoms with Crippen LogP contribution >= 0.6 is 24.8 Å². The number of rotatable bonds is 1. The molecule has 0 bridgehead atoms. The molecule has 0 heterocycles. The Morgan fingerprint density at radius 3 is 1.90 bits per heavy atom. The van der Waals surface area contributed by atoms with E-state index in [4.69, 9.17) is 0 Å². The van der Waals surface area contributed by atoms with Gasteiger partial charge in [-0.25, -0.2) is 5.57 Å². The van der Waals surface area contributed by atoms with E-state index in [1.165, 1.54) is 44.2 Å². The fourth-order valence-corrected chi connectivity index (χ4v) is 3.42. The summed E-state index contributed by atoms with van der Waals surface area (Å²) >= 11 is 3.64. The van der Waals surface area contributed by atoms with Crippen LogP contribution in [0.5, 0.6) is 0 Å². The third-order valence-corrected chi connectivity index (χ3v) is 5.22. The molecule has 168 valence electrons. The average molecular weight is 593 g/mol. The average Bonchev–Trinajstić information content (AvgIpc) is 3.18. The number of hydrogen-bond donors (Lipinski definition) is 0. The first-order valence-electron chi connectivity index (χ1n) is 9.21. The number of allylic oxidation sites excluding steroid dienone is 4. The van der Waals surface area contributed by atoms with Crippen LogP contribution in [-0.2, 0) is 21.6 Å². The van der Waals surface area contributed by atoms with Gasteiger partial charge in [-0.05, 0) is 5.56 Å². The summed E-state index contributed by atoms with van der Waals surface area (Å²) in [6.07, 6.45) is 3.36. The van der Waals surface area contributed by atoms with Crippen LogP contribution < -0.4 is 0 Å². The zero-order valence-corrected chi connectivity index (χ0v) is 25.9. The molecule has 1 aliphatic rings. The van der Waals surface area contributed by atoms with Crippen molar-refractivity contribution in [3.05, 3.63) is 104 Å². The van der Waals surface area contributed by atoms with Crippen molar-refractivity contribution in [2.75, 3.05) is 0 Å². The van der Waals surface area contributed by atoms with Gasteiger partial charge in [0, 0.05) is 0 Å². The van der Waals surface area contributed by atoms with Gasteiger partial charge in [-0.2, -0.15) is 17.2 Å². The number of benzene rings is 2. The van der Waals surface area contributed by atoms with E-state index in [0.29, 0.717) is 5.92 Å². The third-order valence-electron chi connectivity index (χ3n) is 5.22. The first-order chi connectivity index (χ1) is 13.0. The molecule has 1 unspecified atom stereocenters. The van der Waals surface area contributed by atoms with Crippen LogP contribution in [0.15, 0.2) is 77.4 Å². The molecule has 2 radical (unpaired) electrons. The van der Waals surface area contributed by atoms with Gasteiger partial charge >= 0.3 is 33.7 Å². The fourth-order valence-electron chi connectivity index (χ4n) is 3.42. The van der Waals surface area contributed by atoms with Crippen LogP contribution in [0.2, 0.25) is 0 Å². The molecule has 4 rings (SSSR count). The van der Waals surface area contributed by atoms with Gasteiger partial charge in [0.25, 0.3) is 0 Å². The standard InChI is InChI=1S/C16H13.C9H13.2CH3.2ClH.Ge.Zr/c1-12-10-14-8-5-9-15(16(14)11-12)13-6-3-2-4-7-13;1-6-5-7(2)9(4)8(6)3;;;;;;/h2-11H,1H3;6H,1-4H3;2*1H3;2*1H;;/q4*-1;;;;. The summed E-state index contributed by atoms with van der Waals surface area (Å²) in [5, 5.41) is 2.69. The monoisotopic (exact) mass is 592 g/mol. The van der Waals surface area contributed by atoms with E-state index in [2.05, 4.69) is 114 Å². The van der Waals surface area contributed by atoms with Gasteiger partial charge in [0.05, 0.1) is 0 Å². The Balaban J connectivity index is -0.000000460. The Labute approximate surface area is 223 Å². The molecule has 0 saturated heterocycles. The molecule has 0 spiro atoms. The van der Waals surface area contributed by atoms with Crippen molar-refractivity contribution in [1.29, 1.82) is 0 Å². The van der Waals surface area contributed by atoms with Gasteiger partial charge in [0.15, 0.2) is 0 Å². The van der Waals surface area contributed by atoms with Gasteiger partial charge in [-0.1, -0.05) is 75.6 Å². The second kappa shape index (κ2) is 17.1. The molecule has 3 aromatic carbocycles. The van der Waals surface area contributed by atoms with Crippen molar-refractivity contribution in [3.63, 3.8) is 0 Å². The normalized spacial score (nSPS) is 13.5. The van der Waals surface area contributed by atoms with Crippen molar-refractivity contribution >= 4 is 47.7 Å². The van der Waals surface area contributed by atoms with Crippen LogP contribution in [-0.4, -0.2) is 12.1 Å². The van der Waals surface area contributed by atoms with Gasteiger partial charge in [0.1, 0.15) is 0 Å². The van der Waals surface area contributed by atoms with Crippen molar-refractivity contribution in [2.45, 2.75) is 34.6 Å². The van der Waals surface area contributed by atoms with Crippen LogP contribution in [0.1, 0.15) is 33.3 Å². The van der Waals surface area contributed by atoms with Crippen LogP contribution in [0, 0.1) is 33.8 Å². The fraction of sp³-hybridized carbons (Fsp3) is 0.222. The molecule has 1 aliphatic carbocycles. The molecular weight excluding hydrogens is 559 g/mol. The first kappa shape index (κ1) is 35.1. The van der Waals surface area contributed by atoms with E-state index in [1.54, 1.807) is 21.6 Å². The summed E-state index contributed by atoms with van der Waals surface area (Å²) in [5.74, 6) is 0.560. The molecule has 0 N–H and O–H groups in total. The van der Waals surface area contributed by atoms with E-state index in [-0.39, 0.29) is 39.7 Å². The molecule has 0 saturated carbocycles. The predicted molar refractivity (Wildman–Crippen MR) is 143 cm³/mol. The maximum atomic E-state index is 3.36. The van der Waals surface area contributed by atoms with Gasteiger partial charge < -0.3 is 14.9 Å². The molecule has 0 aliphatic heterocycles. The van der Waals surface area contributed by atoms with Gasteiger partial charge in [0.2, 0.25) is 0 Å². The molecule has 3 aromatic rings. The minimum atomic E-state index is 0. The molecule has 0 aromatic heterocycles. The summed E-state index contributed by atoms with van der Waals surface area (Å²) in [7, 11) is 0. The molecule has 0 fully saturated rings. The second-order valence-electron chi connectivity index (χ2n) is 7.01. The molecule has 0 nitrogen and oxygen atoms in total. The number of aryl methyl sites for hydroxylation is 1. The summed E-state index contributed by atoms with van der Waals surface area (Å²) in [5.41, 5.74) is 8.19. The van der Waals surface area contributed by atoms with E-state index < -0.39 is 0 Å². The van der Waals surface area contributed by atoms with E-state index in [9.17, 15) is 0 Å². The Kier molecular flexibility index (Phi) is 19.3. The predicted octanol–water partition coefficient (Wildman–Crippen LogP) is 8.62. The molecular formula is C27H34Cl2GeZr-4. The SMILES string of the molecule is CC1=[C-]C(C)C(C)=C1C.Cc1cc2c(-c3ccccc3)cccc2[cH-]1.Cl.Cl.[CH3-].[CH3-].[Ge]=[Zr]. The Bertz CT molecular complexity index is 971. The third kappa shape index (κ3) is 9.13. The van der Waals surface area contributed by atoms with Crippen molar-refractivity contribution < 1.29 is 21.6 Å². The summed E-state index contributed by atoms with van der Waals surface area (Å²) in [4.78, 5) is 0. The number of fused-ring (bicyclic) bond motifs is 1. The minimum absolute atomic E-state index is 0. The van der Waals surface area contributed by atoms with Crippen molar-refractivity contribution in [2.24, 2.45) is 5.92 Å². The number of halogens is 2. The van der Waals surface area contributed by atoms with Crippen LogP contribution in [0.25, 0.3) is 21.9 Å². The first-order valence-corrected chi connectivity index (χ1v) is 16.6. The topological polar surface area (TPSA) is 0 Å². The molecule has 4 heteroatoms. The zero-order valence-electron chi connectivity index (χ0n) is 19.7. The van der Waals surface area contributed by atoms with Crippen LogP contribution in [0.4, 0.5) is 0 Å². The Hall–Kier alpha value is -0.464. The van der Waals surface area contributed by atoms with Gasteiger partial charge in [-0.3, -0.25) is 6.08 Å². The Morgan fingerprint density at radius 2 is 1.45 bits per heavy atom. The maximum absolute atomic E-state index is 3.36. The summed E-state index contributed by atoms with van der Waals surface area (Å²) in [6, 6.07) is 21.6. The summed E-state index contributed by atoms with van der Waals surface area (Å²) < 4.78 is 0. The second-order valence-corrected chi connectivity index (χ2v) is 7.01. The van der Waals surface area contributed by atoms with Crippen molar-refractivity contribution in [1.82, 2.24) is 0 Å². The molecule has 1 atom stereocenters. The quantitative estimate of drug-likeness (QED) is 0.196. The Morgan fingerprint density at radius 1 is 0.871 bits per heavy atom. The molecule has 31 heavy (non-hydrogen) atoms. The van der Waals surface area contributed by atoms with E-state index in [1.807, 2.05) is 0 Å². The summed E-state index contributed by atoms with van der Waals surface area (Å²) in [6.45, 7) is 10.8. The molecule has 0 amide bonds. The van der Waals surface area contributed by atoms with E-state index in [0.717, 1.165) is 0 Å².